The average Bonchev–Trinajstić information content (AvgIpc) is 2.86. The summed E-state index contributed by atoms with van der Waals surface area (Å²) in [4.78, 5) is 28.5. The summed E-state index contributed by atoms with van der Waals surface area (Å²) in [7, 11) is 1.63. The van der Waals surface area contributed by atoms with Crippen LogP contribution >= 0.6 is 0 Å². The van der Waals surface area contributed by atoms with Gasteiger partial charge in [0, 0.05) is 49.1 Å². The van der Waals surface area contributed by atoms with Crippen molar-refractivity contribution in [3.05, 3.63) is 99.6 Å². The zero-order valence-corrected chi connectivity index (χ0v) is 19.5. The normalized spacial score (nSPS) is 14.5. The molecule has 0 aliphatic carbocycles. The molecule has 1 saturated heterocycles. The summed E-state index contributed by atoms with van der Waals surface area (Å²) in [6.45, 7) is 4.28. The quantitative estimate of drug-likeness (QED) is 0.358. The van der Waals surface area contributed by atoms with Crippen LogP contribution in [0, 0.1) is 17.0 Å². The van der Waals surface area contributed by atoms with E-state index < -0.39 is 0 Å². The molecule has 4 rings (SSSR count). The van der Waals surface area contributed by atoms with Gasteiger partial charge in [-0.2, -0.15) is 0 Å². The molecule has 0 aromatic heterocycles. The molecule has 0 spiro atoms. The van der Waals surface area contributed by atoms with Crippen LogP contribution < -0.4 is 9.64 Å². The molecule has 3 aromatic carbocycles. The molecule has 3 aromatic rings. The summed E-state index contributed by atoms with van der Waals surface area (Å²) in [5.41, 5.74) is 3.67. The Labute approximate surface area is 199 Å². The predicted octanol–water partition coefficient (Wildman–Crippen LogP) is 5.22. The van der Waals surface area contributed by atoms with Crippen LogP contribution in [0.25, 0.3) is 0 Å². The molecule has 34 heavy (non-hydrogen) atoms. The minimum absolute atomic E-state index is 0.0118. The molecule has 0 bridgehead atoms. The maximum Gasteiger partial charge on any atom is 0.269 e. The second kappa shape index (κ2) is 10.5. The van der Waals surface area contributed by atoms with Gasteiger partial charge in [-0.15, -0.1) is 0 Å². The highest BCUT2D eigenvalue weighted by molar-refractivity contribution is 6.06. The first-order valence-corrected chi connectivity index (χ1v) is 11.4. The van der Waals surface area contributed by atoms with E-state index in [-0.39, 0.29) is 22.6 Å². The first-order chi connectivity index (χ1) is 16.4. The Morgan fingerprint density at radius 1 is 1.06 bits per heavy atom. The van der Waals surface area contributed by atoms with Gasteiger partial charge in [-0.05, 0) is 61.7 Å². The van der Waals surface area contributed by atoms with E-state index in [0.717, 1.165) is 48.5 Å². The number of benzene rings is 3. The summed E-state index contributed by atoms with van der Waals surface area (Å²) in [5, 5.41) is 11.1. The van der Waals surface area contributed by atoms with Gasteiger partial charge in [0.15, 0.2) is 0 Å². The highest BCUT2D eigenvalue weighted by Crippen LogP contribution is 2.28. The number of nitro groups is 1. The molecule has 0 saturated carbocycles. The SMILES string of the molecule is COc1ccc(N(C(=O)c2ccc(C)cc2)C2CCN(Cc3cccc([N+](=O)[O-])c3)CC2)cc1. The van der Waals surface area contributed by atoms with Gasteiger partial charge >= 0.3 is 0 Å². The molecule has 0 radical (unpaired) electrons. The van der Waals surface area contributed by atoms with Gasteiger partial charge in [0.05, 0.1) is 12.0 Å². The fraction of sp³-hybridized carbons (Fsp3) is 0.296. The van der Waals surface area contributed by atoms with E-state index in [9.17, 15) is 14.9 Å². The first kappa shape index (κ1) is 23.4. The minimum atomic E-state index is -0.362. The second-order valence-corrected chi connectivity index (χ2v) is 8.67. The fourth-order valence-electron chi connectivity index (χ4n) is 4.43. The number of aryl methyl sites for hydroxylation is 1. The Balaban J connectivity index is 1.50. The van der Waals surface area contributed by atoms with Crippen molar-refractivity contribution in [2.45, 2.75) is 32.4 Å². The Morgan fingerprint density at radius 3 is 2.35 bits per heavy atom. The first-order valence-electron chi connectivity index (χ1n) is 11.4. The standard InChI is InChI=1S/C27H29N3O4/c1-20-6-8-22(9-7-20)27(31)29(23-10-12-26(34-2)13-11-23)24-14-16-28(17-15-24)19-21-4-3-5-25(18-21)30(32)33/h3-13,18,24H,14-17,19H2,1-2H3. The van der Waals surface area contributed by atoms with Crippen molar-refractivity contribution in [1.29, 1.82) is 0 Å². The van der Waals surface area contributed by atoms with Crippen molar-refractivity contribution in [3.8, 4) is 5.75 Å². The van der Waals surface area contributed by atoms with Gasteiger partial charge in [-0.1, -0.05) is 29.8 Å². The summed E-state index contributed by atoms with van der Waals surface area (Å²) in [6.07, 6.45) is 1.64. The maximum absolute atomic E-state index is 13.6. The molecular weight excluding hydrogens is 430 g/mol. The Kier molecular flexibility index (Phi) is 7.23. The van der Waals surface area contributed by atoms with Crippen molar-refractivity contribution in [2.24, 2.45) is 0 Å². The fourth-order valence-corrected chi connectivity index (χ4v) is 4.43. The number of nitro benzene ring substituents is 1. The number of carbonyl (C=O) groups excluding carboxylic acids is 1. The number of ether oxygens (including phenoxy) is 1. The lowest BCUT2D eigenvalue weighted by Gasteiger charge is -2.38. The third-order valence-corrected chi connectivity index (χ3v) is 6.32. The third kappa shape index (κ3) is 5.43. The number of anilines is 1. The third-order valence-electron chi connectivity index (χ3n) is 6.32. The lowest BCUT2D eigenvalue weighted by atomic mass is 10.00. The average molecular weight is 460 g/mol. The summed E-state index contributed by atoms with van der Waals surface area (Å²) >= 11 is 0. The van der Waals surface area contributed by atoms with Crippen LogP contribution in [0.1, 0.15) is 34.3 Å². The number of likely N-dealkylation sites (tertiary alicyclic amines) is 1. The van der Waals surface area contributed by atoms with E-state index in [1.165, 1.54) is 6.07 Å². The van der Waals surface area contributed by atoms with Crippen LogP contribution in [-0.2, 0) is 6.54 Å². The van der Waals surface area contributed by atoms with Gasteiger partial charge in [0.1, 0.15) is 5.75 Å². The predicted molar refractivity (Wildman–Crippen MR) is 132 cm³/mol. The zero-order chi connectivity index (χ0) is 24.1. The number of carbonyl (C=O) groups is 1. The molecule has 0 unspecified atom stereocenters. The number of piperidine rings is 1. The second-order valence-electron chi connectivity index (χ2n) is 8.67. The number of non-ortho nitro benzene ring substituents is 1. The van der Waals surface area contributed by atoms with Gasteiger partial charge in [0.25, 0.3) is 11.6 Å². The van der Waals surface area contributed by atoms with Gasteiger partial charge in [-0.25, -0.2) is 0 Å². The molecule has 1 amide bonds. The lowest BCUT2D eigenvalue weighted by Crippen LogP contribution is -2.47. The van der Waals surface area contributed by atoms with Crippen molar-refractivity contribution < 1.29 is 14.5 Å². The molecular formula is C27H29N3O4. The number of rotatable bonds is 7. The number of methoxy groups -OCH3 is 1. The number of nitrogens with zero attached hydrogens (tertiary/aromatic N) is 3. The monoisotopic (exact) mass is 459 g/mol. The van der Waals surface area contributed by atoms with Gasteiger partial charge in [-0.3, -0.25) is 19.8 Å². The van der Waals surface area contributed by atoms with E-state index in [1.54, 1.807) is 19.2 Å². The Morgan fingerprint density at radius 2 is 1.74 bits per heavy atom. The van der Waals surface area contributed by atoms with Crippen molar-refractivity contribution in [1.82, 2.24) is 4.90 Å². The largest absolute Gasteiger partial charge is 0.497 e. The minimum Gasteiger partial charge on any atom is -0.497 e. The smallest absolute Gasteiger partial charge is 0.269 e. The van der Waals surface area contributed by atoms with Crippen LogP contribution in [0.5, 0.6) is 5.75 Å². The molecule has 7 nitrogen and oxygen atoms in total. The van der Waals surface area contributed by atoms with E-state index in [1.807, 2.05) is 66.4 Å². The van der Waals surface area contributed by atoms with E-state index >= 15 is 0 Å². The van der Waals surface area contributed by atoms with Crippen molar-refractivity contribution in [3.63, 3.8) is 0 Å². The van der Waals surface area contributed by atoms with E-state index in [0.29, 0.717) is 12.1 Å². The van der Waals surface area contributed by atoms with Crippen molar-refractivity contribution >= 4 is 17.3 Å². The van der Waals surface area contributed by atoms with Crippen LogP contribution in [0.15, 0.2) is 72.8 Å². The highest BCUT2D eigenvalue weighted by atomic mass is 16.6. The van der Waals surface area contributed by atoms with Gasteiger partial charge in [0.2, 0.25) is 0 Å². The molecule has 0 N–H and O–H groups in total. The molecule has 7 heteroatoms. The molecule has 1 fully saturated rings. The lowest BCUT2D eigenvalue weighted by molar-refractivity contribution is -0.384. The van der Waals surface area contributed by atoms with Crippen LogP contribution in [0.3, 0.4) is 0 Å². The van der Waals surface area contributed by atoms with Crippen LogP contribution in [0.2, 0.25) is 0 Å². The summed E-state index contributed by atoms with van der Waals surface area (Å²) in [5.74, 6) is 0.737. The molecule has 1 heterocycles. The number of hydrogen-bond donors (Lipinski definition) is 0. The van der Waals surface area contributed by atoms with Gasteiger partial charge < -0.3 is 9.64 Å². The molecule has 1 aliphatic heterocycles. The molecule has 176 valence electrons. The highest BCUT2D eigenvalue weighted by Gasteiger charge is 2.30. The number of amides is 1. The molecule has 1 aliphatic rings. The van der Waals surface area contributed by atoms with E-state index in [4.69, 9.17) is 4.74 Å². The Hall–Kier alpha value is -3.71. The molecule has 0 atom stereocenters. The van der Waals surface area contributed by atoms with Crippen molar-refractivity contribution in [2.75, 3.05) is 25.1 Å². The maximum atomic E-state index is 13.6. The van der Waals surface area contributed by atoms with Crippen LogP contribution in [0.4, 0.5) is 11.4 Å². The van der Waals surface area contributed by atoms with Crippen LogP contribution in [-0.4, -0.2) is 42.0 Å². The zero-order valence-electron chi connectivity index (χ0n) is 19.5. The Bertz CT molecular complexity index is 1140. The van der Waals surface area contributed by atoms with E-state index in [2.05, 4.69) is 4.90 Å². The summed E-state index contributed by atoms with van der Waals surface area (Å²) < 4.78 is 5.29. The summed E-state index contributed by atoms with van der Waals surface area (Å²) in [6, 6.07) is 22.2. The topological polar surface area (TPSA) is 75.9 Å². The number of hydrogen-bond acceptors (Lipinski definition) is 5.